The number of hydrogen-bond acceptors (Lipinski definition) is 5. The van der Waals surface area contributed by atoms with Gasteiger partial charge in [-0.1, -0.05) is 12.8 Å². The zero-order valence-electron chi connectivity index (χ0n) is 16.1. The van der Waals surface area contributed by atoms with E-state index in [1.807, 2.05) is 0 Å². The van der Waals surface area contributed by atoms with Crippen molar-refractivity contribution in [2.75, 3.05) is 5.32 Å². The van der Waals surface area contributed by atoms with Crippen molar-refractivity contribution in [2.45, 2.75) is 51.7 Å². The molecule has 2 aliphatic rings. The van der Waals surface area contributed by atoms with E-state index in [0.717, 1.165) is 35.9 Å². The monoisotopic (exact) mass is 408 g/mol. The third kappa shape index (κ3) is 4.13. The lowest BCUT2D eigenvalue weighted by Gasteiger charge is -2.23. The lowest BCUT2D eigenvalue weighted by Crippen LogP contribution is -2.46. The zero-order valence-corrected chi connectivity index (χ0v) is 16.1. The number of amides is 3. The summed E-state index contributed by atoms with van der Waals surface area (Å²) in [4.78, 5) is 50.7. The first-order chi connectivity index (χ1) is 13.7. The molecule has 156 valence electrons. The molecule has 3 amide bonds. The molecular formula is C20H22F2N2O5. The third-order valence-corrected chi connectivity index (χ3v) is 5.45. The molecule has 1 aromatic carbocycles. The fourth-order valence-electron chi connectivity index (χ4n) is 3.83. The predicted molar refractivity (Wildman–Crippen MR) is 97.3 cm³/mol. The first-order valence-electron chi connectivity index (χ1n) is 9.54. The number of halogens is 2. The quantitative estimate of drug-likeness (QED) is 0.597. The number of imide groups is 1. The van der Waals surface area contributed by atoms with Crippen LogP contribution in [-0.4, -0.2) is 40.7 Å². The number of rotatable bonds is 5. The summed E-state index contributed by atoms with van der Waals surface area (Å²) < 4.78 is 31.9. The summed E-state index contributed by atoms with van der Waals surface area (Å²) in [6.45, 7) is 2.62. The highest BCUT2D eigenvalue weighted by Crippen LogP contribution is 2.39. The Morgan fingerprint density at radius 1 is 1.10 bits per heavy atom. The number of nitrogens with zero attached hydrogens (tertiary/aromatic N) is 1. The normalized spacial score (nSPS) is 23.4. The van der Waals surface area contributed by atoms with E-state index in [0.29, 0.717) is 12.8 Å². The molecule has 1 aliphatic carbocycles. The fraction of sp³-hybridized carbons (Fsp3) is 0.500. The highest BCUT2D eigenvalue weighted by molar-refractivity contribution is 6.08. The third-order valence-electron chi connectivity index (χ3n) is 5.45. The molecule has 7 nitrogen and oxygen atoms in total. The maximum atomic E-state index is 13.6. The molecule has 3 rings (SSSR count). The molecule has 2 fully saturated rings. The smallest absolute Gasteiger partial charge is 0.329 e. The molecule has 1 aliphatic heterocycles. The molecule has 0 unspecified atom stereocenters. The van der Waals surface area contributed by atoms with Gasteiger partial charge in [0.25, 0.3) is 5.91 Å². The van der Waals surface area contributed by atoms with Gasteiger partial charge in [0.15, 0.2) is 6.10 Å². The van der Waals surface area contributed by atoms with Gasteiger partial charge >= 0.3 is 5.97 Å². The van der Waals surface area contributed by atoms with Gasteiger partial charge in [-0.15, -0.1) is 0 Å². The van der Waals surface area contributed by atoms with Crippen molar-refractivity contribution in [3.05, 3.63) is 29.8 Å². The Balaban J connectivity index is 1.63. The summed E-state index contributed by atoms with van der Waals surface area (Å²) >= 11 is 0. The number of likely N-dealkylation sites (tertiary alicyclic amines) is 1. The van der Waals surface area contributed by atoms with Gasteiger partial charge in [0.2, 0.25) is 11.8 Å². The second-order valence-corrected chi connectivity index (χ2v) is 7.41. The summed E-state index contributed by atoms with van der Waals surface area (Å²) in [6.07, 6.45) is 1.61. The minimum absolute atomic E-state index is 0.386. The minimum atomic E-state index is -1.34. The summed E-state index contributed by atoms with van der Waals surface area (Å²) in [7, 11) is 0. The fourth-order valence-corrected chi connectivity index (χ4v) is 3.83. The van der Waals surface area contributed by atoms with E-state index in [-0.39, 0.29) is 17.5 Å². The van der Waals surface area contributed by atoms with E-state index in [2.05, 4.69) is 5.32 Å². The molecule has 1 N–H and O–H groups in total. The first kappa shape index (κ1) is 20.9. The van der Waals surface area contributed by atoms with Crippen LogP contribution in [0.15, 0.2) is 18.2 Å². The van der Waals surface area contributed by atoms with Gasteiger partial charge in [-0.2, -0.15) is 0 Å². The highest BCUT2D eigenvalue weighted by Gasteiger charge is 2.51. The van der Waals surface area contributed by atoms with Crippen molar-refractivity contribution in [3.8, 4) is 0 Å². The number of hydrogen-bond donors (Lipinski definition) is 1. The van der Waals surface area contributed by atoms with Crippen LogP contribution in [-0.2, 0) is 23.9 Å². The Hall–Kier alpha value is -2.84. The molecule has 0 spiro atoms. The molecule has 9 heteroatoms. The molecule has 1 heterocycles. The van der Waals surface area contributed by atoms with Gasteiger partial charge in [0.1, 0.15) is 17.7 Å². The van der Waals surface area contributed by atoms with Crippen molar-refractivity contribution in [1.82, 2.24) is 4.90 Å². The van der Waals surface area contributed by atoms with Crippen LogP contribution in [0.5, 0.6) is 0 Å². The Kier molecular flexibility index (Phi) is 5.95. The highest BCUT2D eigenvalue weighted by atomic mass is 19.1. The number of ether oxygens (including phenoxy) is 1. The number of carbonyl (C=O) groups is 4. The summed E-state index contributed by atoms with van der Waals surface area (Å²) in [5.41, 5.74) is -0.389. The lowest BCUT2D eigenvalue weighted by atomic mass is 9.81. The maximum Gasteiger partial charge on any atom is 0.329 e. The van der Waals surface area contributed by atoms with Gasteiger partial charge in [-0.05, 0) is 38.8 Å². The number of esters is 1. The molecule has 4 atom stereocenters. The number of anilines is 1. The molecular weight excluding hydrogens is 386 g/mol. The predicted octanol–water partition coefficient (Wildman–Crippen LogP) is 2.40. The van der Waals surface area contributed by atoms with Crippen LogP contribution in [0, 0.1) is 23.5 Å². The van der Waals surface area contributed by atoms with Crippen molar-refractivity contribution < 1.29 is 32.7 Å². The topological polar surface area (TPSA) is 92.8 Å². The SMILES string of the molecule is C[C@H](OC(=O)[C@H](C)N1C(=O)[C@H]2CCCC[C@H]2C1=O)C(=O)Nc1cc(F)ccc1F. The molecule has 0 aromatic heterocycles. The molecule has 0 bridgehead atoms. The molecule has 0 radical (unpaired) electrons. The molecule has 1 aromatic rings. The van der Waals surface area contributed by atoms with Crippen molar-refractivity contribution in [1.29, 1.82) is 0 Å². The molecule has 29 heavy (non-hydrogen) atoms. The Bertz CT molecular complexity index is 835. The summed E-state index contributed by atoms with van der Waals surface area (Å²) in [5, 5.41) is 2.14. The summed E-state index contributed by atoms with van der Waals surface area (Å²) in [5.74, 6) is -4.96. The maximum absolute atomic E-state index is 13.6. The van der Waals surface area contributed by atoms with E-state index in [1.165, 1.54) is 13.8 Å². The van der Waals surface area contributed by atoms with E-state index in [4.69, 9.17) is 4.74 Å². The Labute approximate surface area is 166 Å². The number of benzene rings is 1. The second-order valence-electron chi connectivity index (χ2n) is 7.41. The van der Waals surface area contributed by atoms with Crippen LogP contribution < -0.4 is 5.32 Å². The molecule has 1 saturated heterocycles. The van der Waals surface area contributed by atoms with Gasteiger partial charge in [-0.3, -0.25) is 19.3 Å². The van der Waals surface area contributed by atoms with E-state index >= 15 is 0 Å². The number of fused-ring (bicyclic) bond motifs is 1. The lowest BCUT2D eigenvalue weighted by molar-refractivity contribution is -0.163. The Morgan fingerprint density at radius 2 is 1.69 bits per heavy atom. The van der Waals surface area contributed by atoms with Crippen LogP contribution in [0.4, 0.5) is 14.5 Å². The number of carbonyl (C=O) groups excluding carboxylic acids is 4. The van der Waals surface area contributed by atoms with Crippen LogP contribution in [0.1, 0.15) is 39.5 Å². The average Bonchev–Trinajstić information content (AvgIpc) is 2.94. The van der Waals surface area contributed by atoms with E-state index in [1.54, 1.807) is 0 Å². The Morgan fingerprint density at radius 3 is 2.28 bits per heavy atom. The van der Waals surface area contributed by atoms with Crippen LogP contribution in [0.3, 0.4) is 0 Å². The van der Waals surface area contributed by atoms with Crippen LogP contribution in [0.2, 0.25) is 0 Å². The summed E-state index contributed by atoms with van der Waals surface area (Å²) in [6, 6.07) is 1.38. The van der Waals surface area contributed by atoms with E-state index < -0.39 is 47.5 Å². The standard InChI is InChI=1S/C20H22F2N2O5/c1-10(24-18(26)13-5-3-4-6-14(13)19(24)27)20(28)29-11(2)17(25)23-16-9-12(21)7-8-15(16)22/h7-11,13-14H,3-6H2,1-2H3,(H,23,25)/t10-,11-,13-,14+/m0/s1. The van der Waals surface area contributed by atoms with Crippen LogP contribution >= 0.6 is 0 Å². The largest absolute Gasteiger partial charge is 0.451 e. The zero-order chi connectivity index (χ0) is 21.3. The molecule has 1 saturated carbocycles. The van der Waals surface area contributed by atoms with Gasteiger partial charge < -0.3 is 10.1 Å². The minimum Gasteiger partial charge on any atom is -0.451 e. The van der Waals surface area contributed by atoms with Gasteiger partial charge in [0.05, 0.1) is 17.5 Å². The van der Waals surface area contributed by atoms with Gasteiger partial charge in [0, 0.05) is 6.07 Å². The van der Waals surface area contributed by atoms with Crippen molar-refractivity contribution in [2.24, 2.45) is 11.8 Å². The van der Waals surface area contributed by atoms with E-state index in [9.17, 15) is 28.0 Å². The van der Waals surface area contributed by atoms with Crippen molar-refractivity contribution in [3.63, 3.8) is 0 Å². The average molecular weight is 408 g/mol. The first-order valence-corrected chi connectivity index (χ1v) is 9.54. The van der Waals surface area contributed by atoms with Crippen LogP contribution in [0.25, 0.3) is 0 Å². The van der Waals surface area contributed by atoms with Crippen molar-refractivity contribution >= 4 is 29.4 Å². The second kappa shape index (κ2) is 8.26. The number of nitrogens with one attached hydrogen (secondary N) is 1. The van der Waals surface area contributed by atoms with Gasteiger partial charge in [-0.25, -0.2) is 13.6 Å².